The summed E-state index contributed by atoms with van der Waals surface area (Å²) in [6, 6.07) is 3.42. The Labute approximate surface area is 117 Å². The summed E-state index contributed by atoms with van der Waals surface area (Å²) in [6.07, 6.45) is 0.377. The molecule has 4 nitrogen and oxygen atoms in total. The molecule has 1 heterocycles. The van der Waals surface area contributed by atoms with E-state index in [1.807, 2.05) is 0 Å². The molecule has 1 atom stereocenters. The monoisotopic (exact) mass is 330 g/mol. The van der Waals surface area contributed by atoms with Gasteiger partial charge in [-0.15, -0.1) is 5.10 Å². The van der Waals surface area contributed by atoms with Gasteiger partial charge in [0.2, 0.25) is 0 Å². The van der Waals surface area contributed by atoms with E-state index in [0.29, 0.717) is 16.6 Å². The van der Waals surface area contributed by atoms with Gasteiger partial charge in [-0.1, -0.05) is 11.3 Å². The second-order valence-electron chi connectivity index (χ2n) is 4.17. The van der Waals surface area contributed by atoms with Gasteiger partial charge in [0.05, 0.1) is 11.7 Å². The Balaban J connectivity index is 2.29. The minimum atomic E-state index is -0.578. The van der Waals surface area contributed by atoms with E-state index in [2.05, 4.69) is 31.6 Å². The van der Waals surface area contributed by atoms with Gasteiger partial charge in [-0.25, -0.2) is 13.5 Å². The second kappa shape index (κ2) is 5.75. The van der Waals surface area contributed by atoms with Crippen LogP contribution in [0.4, 0.5) is 8.78 Å². The van der Waals surface area contributed by atoms with Gasteiger partial charge >= 0.3 is 0 Å². The first-order chi connectivity index (χ1) is 9.02. The van der Waals surface area contributed by atoms with Crippen molar-refractivity contribution >= 4 is 15.9 Å². The molecule has 0 aliphatic heterocycles. The molecule has 102 valence electrons. The lowest BCUT2D eigenvalue weighted by atomic mass is 10.0. The van der Waals surface area contributed by atoms with Crippen molar-refractivity contribution in [2.75, 3.05) is 7.05 Å². The maximum absolute atomic E-state index is 13.7. The molecular formula is C12H13BrF2N4. The number of benzene rings is 1. The third kappa shape index (κ3) is 2.98. The molecule has 0 amide bonds. The van der Waals surface area contributed by atoms with Crippen molar-refractivity contribution < 1.29 is 8.78 Å². The first-order valence-corrected chi connectivity index (χ1v) is 6.48. The van der Waals surface area contributed by atoms with Crippen molar-refractivity contribution in [3.05, 3.63) is 45.7 Å². The summed E-state index contributed by atoms with van der Waals surface area (Å²) in [5.41, 5.74) is 1.25. The Morgan fingerprint density at radius 2 is 2.16 bits per heavy atom. The van der Waals surface area contributed by atoms with Gasteiger partial charge in [-0.3, -0.25) is 0 Å². The molecule has 0 aliphatic rings. The van der Waals surface area contributed by atoms with Crippen LogP contribution >= 0.6 is 15.9 Å². The quantitative estimate of drug-likeness (QED) is 0.935. The predicted octanol–water partition coefficient (Wildman–Crippen LogP) is 2.36. The van der Waals surface area contributed by atoms with Crippen LogP contribution in [0.2, 0.25) is 0 Å². The zero-order chi connectivity index (χ0) is 14.0. The van der Waals surface area contributed by atoms with Gasteiger partial charge in [0.15, 0.2) is 4.60 Å². The van der Waals surface area contributed by atoms with Gasteiger partial charge in [0, 0.05) is 13.1 Å². The minimum Gasteiger partial charge on any atom is -0.311 e. The molecule has 0 fully saturated rings. The van der Waals surface area contributed by atoms with Crippen LogP contribution in [-0.4, -0.2) is 22.0 Å². The summed E-state index contributed by atoms with van der Waals surface area (Å²) in [5, 5.41) is 10.9. The summed E-state index contributed by atoms with van der Waals surface area (Å²) in [4.78, 5) is 0. The lowest BCUT2D eigenvalue weighted by Crippen LogP contribution is -2.22. The number of aromatic nitrogens is 3. The minimum absolute atomic E-state index is 0.172. The fraction of sp³-hybridized carbons (Fsp3) is 0.333. The van der Waals surface area contributed by atoms with Crippen LogP contribution in [0.5, 0.6) is 0 Å². The normalized spacial score (nSPS) is 12.7. The first-order valence-electron chi connectivity index (χ1n) is 5.69. The fourth-order valence-electron chi connectivity index (χ4n) is 1.95. The Bertz CT molecular complexity index is 566. The predicted molar refractivity (Wildman–Crippen MR) is 70.6 cm³/mol. The molecular weight excluding hydrogens is 318 g/mol. The van der Waals surface area contributed by atoms with E-state index in [0.717, 1.165) is 11.8 Å². The van der Waals surface area contributed by atoms with Gasteiger partial charge < -0.3 is 5.32 Å². The standard InChI is InChI=1S/C12H13BrF2N4/c1-16-10(11-12(13)17-18-19(11)2)5-7-3-4-8(14)6-9(7)15/h3-4,6,10,16H,5H2,1-2H3. The number of rotatable bonds is 4. The molecule has 1 aromatic carbocycles. The van der Waals surface area contributed by atoms with Crippen LogP contribution in [0, 0.1) is 11.6 Å². The number of nitrogens with one attached hydrogen (secondary N) is 1. The molecule has 0 saturated heterocycles. The molecule has 2 rings (SSSR count). The summed E-state index contributed by atoms with van der Waals surface area (Å²) >= 11 is 3.31. The highest BCUT2D eigenvalue weighted by Gasteiger charge is 2.20. The van der Waals surface area contributed by atoms with E-state index in [4.69, 9.17) is 0 Å². The van der Waals surface area contributed by atoms with Gasteiger partial charge in [-0.2, -0.15) is 0 Å². The Morgan fingerprint density at radius 1 is 1.42 bits per heavy atom. The van der Waals surface area contributed by atoms with Gasteiger partial charge in [0.25, 0.3) is 0 Å². The highest BCUT2D eigenvalue weighted by molar-refractivity contribution is 9.10. The van der Waals surface area contributed by atoms with Crippen LogP contribution in [-0.2, 0) is 13.5 Å². The van der Waals surface area contributed by atoms with Gasteiger partial charge in [0.1, 0.15) is 11.6 Å². The first kappa shape index (κ1) is 14.1. The van der Waals surface area contributed by atoms with Gasteiger partial charge in [-0.05, 0) is 41.0 Å². The molecule has 2 aromatic rings. The second-order valence-corrected chi connectivity index (χ2v) is 4.92. The van der Waals surface area contributed by atoms with Crippen LogP contribution in [0.1, 0.15) is 17.3 Å². The Morgan fingerprint density at radius 3 is 2.68 bits per heavy atom. The lowest BCUT2D eigenvalue weighted by Gasteiger charge is -2.17. The number of hydrogen-bond donors (Lipinski definition) is 1. The van der Waals surface area contributed by atoms with Crippen LogP contribution in [0.25, 0.3) is 0 Å². The zero-order valence-corrected chi connectivity index (χ0v) is 12.1. The molecule has 0 radical (unpaired) electrons. The molecule has 1 unspecified atom stereocenters. The molecule has 0 bridgehead atoms. The van der Waals surface area contributed by atoms with Crippen LogP contribution in [0.3, 0.4) is 0 Å². The Kier molecular flexibility index (Phi) is 4.26. The molecule has 19 heavy (non-hydrogen) atoms. The van der Waals surface area contributed by atoms with E-state index in [1.54, 1.807) is 18.8 Å². The van der Waals surface area contributed by atoms with E-state index < -0.39 is 11.6 Å². The van der Waals surface area contributed by atoms with Crippen LogP contribution in [0.15, 0.2) is 22.8 Å². The number of halogens is 3. The van der Waals surface area contributed by atoms with Crippen molar-refractivity contribution in [1.82, 2.24) is 20.3 Å². The summed E-state index contributed by atoms with van der Waals surface area (Å²) < 4.78 is 28.8. The Hall–Kier alpha value is -1.34. The lowest BCUT2D eigenvalue weighted by molar-refractivity contribution is 0.511. The molecule has 0 saturated carbocycles. The average molecular weight is 331 g/mol. The van der Waals surface area contributed by atoms with Crippen molar-refractivity contribution in [2.24, 2.45) is 7.05 Å². The largest absolute Gasteiger partial charge is 0.311 e. The SMILES string of the molecule is CNC(Cc1ccc(F)cc1F)c1c(Br)nnn1C. The molecule has 0 aliphatic carbocycles. The third-order valence-electron chi connectivity index (χ3n) is 2.94. The average Bonchev–Trinajstić information content (AvgIpc) is 2.69. The maximum atomic E-state index is 13.7. The third-order valence-corrected chi connectivity index (χ3v) is 3.51. The summed E-state index contributed by atoms with van der Waals surface area (Å²) in [6.45, 7) is 0. The van der Waals surface area contributed by atoms with Crippen molar-refractivity contribution in [2.45, 2.75) is 12.5 Å². The van der Waals surface area contributed by atoms with E-state index >= 15 is 0 Å². The zero-order valence-electron chi connectivity index (χ0n) is 10.5. The smallest absolute Gasteiger partial charge is 0.153 e. The number of likely N-dealkylation sites (N-methyl/N-ethyl adjacent to an activating group) is 1. The topological polar surface area (TPSA) is 42.7 Å². The summed E-state index contributed by atoms with van der Waals surface area (Å²) in [5.74, 6) is -1.13. The molecule has 7 heteroatoms. The molecule has 0 spiro atoms. The maximum Gasteiger partial charge on any atom is 0.153 e. The van der Waals surface area contributed by atoms with Crippen molar-refractivity contribution in [3.8, 4) is 0 Å². The molecule has 1 N–H and O–H groups in total. The van der Waals surface area contributed by atoms with E-state index in [9.17, 15) is 8.78 Å². The van der Waals surface area contributed by atoms with Crippen LogP contribution < -0.4 is 5.32 Å². The van der Waals surface area contributed by atoms with Crippen molar-refractivity contribution in [3.63, 3.8) is 0 Å². The van der Waals surface area contributed by atoms with E-state index in [-0.39, 0.29) is 6.04 Å². The van der Waals surface area contributed by atoms with E-state index in [1.165, 1.54) is 12.1 Å². The van der Waals surface area contributed by atoms with Crippen molar-refractivity contribution in [1.29, 1.82) is 0 Å². The highest BCUT2D eigenvalue weighted by Crippen LogP contribution is 2.24. The fourth-order valence-corrected chi connectivity index (χ4v) is 2.56. The summed E-state index contributed by atoms with van der Waals surface area (Å²) in [7, 11) is 3.53. The number of nitrogens with zero attached hydrogens (tertiary/aromatic N) is 3. The highest BCUT2D eigenvalue weighted by atomic mass is 79.9. The molecule has 1 aromatic heterocycles. The number of aryl methyl sites for hydroxylation is 1. The number of hydrogen-bond acceptors (Lipinski definition) is 3.